The lowest BCUT2D eigenvalue weighted by Gasteiger charge is -2.19. The van der Waals surface area contributed by atoms with Gasteiger partial charge in [0.15, 0.2) is 0 Å². The number of aromatic nitrogens is 2. The molecule has 1 heterocycles. The predicted octanol–water partition coefficient (Wildman–Crippen LogP) is -0.816. The van der Waals surface area contributed by atoms with Crippen LogP contribution >= 0.6 is 0 Å². The molecular weight excluding hydrogens is 334 g/mol. The fourth-order valence-electron chi connectivity index (χ4n) is 1.98. The van der Waals surface area contributed by atoms with Crippen LogP contribution in [0.15, 0.2) is 12.5 Å². The Morgan fingerprint density at radius 3 is 2.67 bits per heavy atom. The first-order valence-corrected chi connectivity index (χ1v) is 7.33. The summed E-state index contributed by atoms with van der Waals surface area (Å²) in [5, 5.41) is 2.80. The molecule has 1 rings (SSSR count). The summed E-state index contributed by atoms with van der Waals surface area (Å²) in [6.07, 6.45) is 7.00. The molecule has 0 radical (unpaired) electrons. The largest absolute Gasteiger partial charge is 1.00 e. The average molecular weight is 362 g/mol. The number of halogens is 1. The first-order chi connectivity index (χ1) is 9.31. The highest BCUT2D eigenvalue weighted by Crippen LogP contribution is 2.06. The molecule has 1 N–H and O–H groups in total. The summed E-state index contributed by atoms with van der Waals surface area (Å²) in [5.41, 5.74) is 0.787. The highest BCUT2D eigenvalue weighted by Gasteiger charge is 2.16. The van der Waals surface area contributed by atoms with Crippen LogP contribution < -0.4 is 26.9 Å². The lowest BCUT2D eigenvalue weighted by molar-refractivity contribution is -0.671. The molecule has 0 bridgehead atoms. The van der Waals surface area contributed by atoms with Gasteiger partial charge in [-0.05, 0) is 27.2 Å². The lowest BCUT2D eigenvalue weighted by Crippen LogP contribution is -3.00. The van der Waals surface area contributed by atoms with Crippen LogP contribution in [0.2, 0.25) is 0 Å². The van der Waals surface area contributed by atoms with Crippen molar-refractivity contribution in [2.75, 3.05) is 6.54 Å². The molecule has 21 heavy (non-hydrogen) atoms. The number of hydrogen-bond acceptors (Lipinski definition) is 2. The fraction of sp³-hybridized carbons (Fsp3) is 0.733. The van der Waals surface area contributed by atoms with Gasteiger partial charge in [0.1, 0.15) is 17.5 Å². The number of amides is 1. The highest BCUT2D eigenvalue weighted by atomic mass is 79.9. The van der Waals surface area contributed by atoms with Crippen LogP contribution in [-0.4, -0.2) is 22.8 Å². The molecule has 0 aliphatic rings. The second kappa shape index (κ2) is 9.07. The molecule has 0 aliphatic carbocycles. The second-order valence-electron chi connectivity index (χ2n) is 6.13. The van der Waals surface area contributed by atoms with Crippen LogP contribution in [-0.2, 0) is 24.8 Å². The number of imidazole rings is 1. The number of hydrogen-bond donors (Lipinski definition) is 1. The second-order valence-corrected chi connectivity index (χ2v) is 6.13. The van der Waals surface area contributed by atoms with E-state index in [1.807, 2.05) is 27.8 Å². The Labute approximate surface area is 138 Å². The van der Waals surface area contributed by atoms with Gasteiger partial charge in [-0.1, -0.05) is 13.3 Å². The van der Waals surface area contributed by atoms with E-state index in [4.69, 9.17) is 4.74 Å². The molecule has 0 unspecified atom stereocenters. The van der Waals surface area contributed by atoms with Crippen molar-refractivity contribution in [2.45, 2.75) is 59.1 Å². The molecule has 0 fully saturated rings. The molecule has 5 nitrogen and oxygen atoms in total. The van der Waals surface area contributed by atoms with Gasteiger partial charge in [0.2, 0.25) is 6.33 Å². The summed E-state index contributed by atoms with van der Waals surface area (Å²) in [7, 11) is 2.02. The number of nitrogens with zero attached hydrogens (tertiary/aromatic N) is 2. The summed E-state index contributed by atoms with van der Waals surface area (Å²) >= 11 is 0. The van der Waals surface area contributed by atoms with Crippen molar-refractivity contribution in [1.82, 2.24) is 9.88 Å². The van der Waals surface area contributed by atoms with Gasteiger partial charge in [0.05, 0.1) is 13.6 Å². The van der Waals surface area contributed by atoms with Gasteiger partial charge in [-0.15, -0.1) is 0 Å². The van der Waals surface area contributed by atoms with Crippen LogP contribution in [0.4, 0.5) is 4.79 Å². The molecule has 1 aromatic heterocycles. The van der Waals surface area contributed by atoms with Crippen LogP contribution in [0.5, 0.6) is 0 Å². The van der Waals surface area contributed by atoms with Crippen molar-refractivity contribution in [3.8, 4) is 0 Å². The summed E-state index contributed by atoms with van der Waals surface area (Å²) in [5.74, 6) is 0. The molecule has 0 aromatic carbocycles. The van der Waals surface area contributed by atoms with E-state index in [1.165, 1.54) is 18.5 Å². The number of nitrogens with one attached hydrogen (secondary N) is 1. The molecule has 1 amide bonds. The zero-order valence-electron chi connectivity index (χ0n) is 13.8. The molecule has 0 saturated carbocycles. The van der Waals surface area contributed by atoms with E-state index >= 15 is 0 Å². The number of carbonyl (C=O) groups excluding carboxylic acids is 1. The Morgan fingerprint density at radius 2 is 2.10 bits per heavy atom. The Morgan fingerprint density at radius 1 is 1.43 bits per heavy atom. The molecule has 0 atom stereocenters. The van der Waals surface area contributed by atoms with E-state index in [2.05, 4.69) is 33.9 Å². The summed E-state index contributed by atoms with van der Waals surface area (Å²) in [6.45, 7) is 9.39. The molecule has 1 aromatic rings. The van der Waals surface area contributed by atoms with Crippen LogP contribution in [0.25, 0.3) is 0 Å². The highest BCUT2D eigenvalue weighted by molar-refractivity contribution is 5.67. The Bertz CT molecular complexity index is 439. The molecular formula is C15H28BrN3O2. The third kappa shape index (κ3) is 8.09. The van der Waals surface area contributed by atoms with Crippen LogP contribution in [0, 0.1) is 0 Å². The van der Waals surface area contributed by atoms with E-state index in [-0.39, 0.29) is 23.1 Å². The van der Waals surface area contributed by atoms with Gasteiger partial charge in [0.25, 0.3) is 0 Å². The van der Waals surface area contributed by atoms with Crippen molar-refractivity contribution in [2.24, 2.45) is 7.05 Å². The molecule has 0 spiro atoms. The summed E-state index contributed by atoms with van der Waals surface area (Å²) in [6, 6.07) is 0. The van der Waals surface area contributed by atoms with Gasteiger partial charge in [0, 0.05) is 13.0 Å². The van der Waals surface area contributed by atoms with Crippen LogP contribution in [0.3, 0.4) is 0 Å². The maximum atomic E-state index is 11.6. The van der Waals surface area contributed by atoms with Gasteiger partial charge >= 0.3 is 6.09 Å². The molecule has 122 valence electrons. The zero-order chi connectivity index (χ0) is 15.2. The van der Waals surface area contributed by atoms with Gasteiger partial charge in [-0.25, -0.2) is 13.9 Å². The average Bonchev–Trinajstić information content (AvgIpc) is 2.64. The zero-order valence-corrected chi connectivity index (χ0v) is 15.4. The predicted molar refractivity (Wildman–Crippen MR) is 78.5 cm³/mol. The monoisotopic (exact) mass is 361 g/mol. The Balaban J connectivity index is 0.00000400. The van der Waals surface area contributed by atoms with E-state index in [1.54, 1.807) is 0 Å². The van der Waals surface area contributed by atoms with E-state index in [9.17, 15) is 4.79 Å². The van der Waals surface area contributed by atoms with Gasteiger partial charge in [-0.2, -0.15) is 0 Å². The van der Waals surface area contributed by atoms with Crippen molar-refractivity contribution in [3.05, 3.63) is 18.2 Å². The molecule has 0 aliphatic heterocycles. The minimum atomic E-state index is -0.447. The maximum absolute atomic E-state index is 11.6. The fourth-order valence-corrected chi connectivity index (χ4v) is 1.98. The number of aryl methyl sites for hydroxylation is 2. The van der Waals surface area contributed by atoms with E-state index in [0.717, 1.165) is 13.0 Å². The minimum absolute atomic E-state index is 0. The summed E-state index contributed by atoms with van der Waals surface area (Å²) < 4.78 is 9.52. The Hall–Kier alpha value is -1.04. The number of unbranched alkanes of at least 4 members (excludes halogenated alkanes) is 1. The van der Waals surface area contributed by atoms with Crippen molar-refractivity contribution in [3.63, 3.8) is 0 Å². The van der Waals surface area contributed by atoms with Crippen molar-refractivity contribution in [1.29, 1.82) is 0 Å². The first kappa shape index (κ1) is 20.0. The first-order valence-electron chi connectivity index (χ1n) is 7.33. The normalized spacial score (nSPS) is 10.9. The number of carbonyl (C=O) groups is 1. The van der Waals surface area contributed by atoms with E-state index < -0.39 is 5.60 Å². The molecule has 0 saturated heterocycles. The van der Waals surface area contributed by atoms with Crippen molar-refractivity contribution >= 4 is 6.09 Å². The topological polar surface area (TPSA) is 47.1 Å². The lowest BCUT2D eigenvalue weighted by atomic mass is 10.2. The maximum Gasteiger partial charge on any atom is 0.407 e. The minimum Gasteiger partial charge on any atom is -1.00 e. The van der Waals surface area contributed by atoms with Gasteiger partial charge < -0.3 is 27.0 Å². The third-order valence-electron chi connectivity index (χ3n) is 2.85. The number of rotatable bonds is 6. The quantitative estimate of drug-likeness (QED) is 0.673. The van der Waals surface area contributed by atoms with E-state index in [0.29, 0.717) is 6.54 Å². The smallest absolute Gasteiger partial charge is 0.407 e. The standard InChI is InChI=1S/C15H27N3O2.BrH/c1-6-7-10-18-12-17(5)11-13(18)8-9-16-14(19)20-15(2,3)4;/h11-12H,6-10H2,1-5H3;1H. The van der Waals surface area contributed by atoms with Gasteiger partial charge in [-0.3, -0.25) is 0 Å². The summed E-state index contributed by atoms with van der Waals surface area (Å²) in [4.78, 5) is 11.6. The van der Waals surface area contributed by atoms with Crippen molar-refractivity contribution < 1.29 is 31.1 Å². The Kier molecular flexibility index (Phi) is 8.63. The third-order valence-corrected chi connectivity index (χ3v) is 2.85. The number of ether oxygens (including phenoxy) is 1. The number of alkyl carbamates (subject to hydrolysis) is 1. The molecule has 6 heteroatoms. The SMILES string of the molecule is CCCCn1c[n+](C)cc1CCNC(=O)OC(C)(C)C.[Br-]. The van der Waals surface area contributed by atoms with Crippen LogP contribution in [0.1, 0.15) is 46.2 Å².